The highest BCUT2D eigenvalue weighted by molar-refractivity contribution is 6.30. The van der Waals surface area contributed by atoms with Gasteiger partial charge in [-0.2, -0.15) is 5.26 Å². The van der Waals surface area contributed by atoms with Crippen LogP contribution < -0.4 is 20.7 Å². The standard InChI is InChI=1S/C24H17ClFN3O4/c1-14-18-10-15(13-27)2-4-17(18)19(26)12-21(14)33-20-5-3-16(25)11-22(20)32-9-8-29-7-6-23(30)28-24(29)31/h2-7,10-12H,8-9H2,1H3,(H,28,30,31). The highest BCUT2D eigenvalue weighted by atomic mass is 35.5. The summed E-state index contributed by atoms with van der Waals surface area (Å²) in [5.41, 5.74) is 0.0367. The normalized spacial score (nSPS) is 10.7. The monoisotopic (exact) mass is 465 g/mol. The number of benzene rings is 3. The largest absolute Gasteiger partial charge is 0.488 e. The van der Waals surface area contributed by atoms with Crippen LogP contribution in [-0.2, 0) is 6.54 Å². The van der Waals surface area contributed by atoms with Gasteiger partial charge in [0.1, 0.15) is 18.2 Å². The van der Waals surface area contributed by atoms with Crippen molar-refractivity contribution in [3.05, 3.63) is 97.5 Å². The first kappa shape index (κ1) is 22.1. The summed E-state index contributed by atoms with van der Waals surface area (Å²) in [5, 5.41) is 10.5. The first-order chi connectivity index (χ1) is 15.9. The number of fused-ring (bicyclic) bond motifs is 1. The van der Waals surface area contributed by atoms with Crippen molar-refractivity contribution in [1.82, 2.24) is 9.55 Å². The summed E-state index contributed by atoms with van der Waals surface area (Å²) < 4.78 is 27.8. The minimum atomic E-state index is -0.548. The Morgan fingerprint density at radius 2 is 1.88 bits per heavy atom. The number of nitrogens with zero attached hydrogens (tertiary/aromatic N) is 2. The molecule has 4 rings (SSSR count). The predicted molar refractivity (Wildman–Crippen MR) is 122 cm³/mol. The lowest BCUT2D eigenvalue weighted by atomic mass is 10.0. The van der Waals surface area contributed by atoms with Gasteiger partial charge in [0.15, 0.2) is 11.5 Å². The van der Waals surface area contributed by atoms with Gasteiger partial charge >= 0.3 is 5.69 Å². The number of hydrogen-bond acceptors (Lipinski definition) is 5. The summed E-state index contributed by atoms with van der Waals surface area (Å²) in [7, 11) is 0. The number of aromatic amines is 1. The van der Waals surface area contributed by atoms with Crippen molar-refractivity contribution < 1.29 is 13.9 Å². The molecule has 0 saturated heterocycles. The van der Waals surface area contributed by atoms with Crippen molar-refractivity contribution in [2.24, 2.45) is 0 Å². The van der Waals surface area contributed by atoms with Crippen molar-refractivity contribution >= 4 is 22.4 Å². The number of halogens is 2. The molecule has 0 aliphatic heterocycles. The quantitative estimate of drug-likeness (QED) is 0.451. The van der Waals surface area contributed by atoms with Crippen molar-refractivity contribution in [1.29, 1.82) is 5.26 Å². The molecule has 0 amide bonds. The second kappa shape index (κ2) is 9.18. The van der Waals surface area contributed by atoms with E-state index >= 15 is 0 Å². The van der Waals surface area contributed by atoms with E-state index in [1.807, 2.05) is 0 Å². The number of nitriles is 1. The van der Waals surface area contributed by atoms with E-state index in [1.54, 1.807) is 43.3 Å². The van der Waals surface area contributed by atoms with Gasteiger partial charge in [0, 0.05) is 34.8 Å². The second-order valence-corrected chi connectivity index (χ2v) is 7.64. The molecule has 0 atom stereocenters. The number of hydrogen-bond donors (Lipinski definition) is 1. The van der Waals surface area contributed by atoms with Gasteiger partial charge in [0.2, 0.25) is 0 Å². The Bertz CT molecular complexity index is 1520. The molecule has 3 aromatic carbocycles. The minimum absolute atomic E-state index is 0.0826. The van der Waals surface area contributed by atoms with E-state index in [-0.39, 0.29) is 18.9 Å². The van der Waals surface area contributed by atoms with Gasteiger partial charge in [0.05, 0.1) is 18.2 Å². The van der Waals surface area contributed by atoms with Crippen LogP contribution in [0.3, 0.4) is 0 Å². The zero-order valence-corrected chi connectivity index (χ0v) is 18.1. The average Bonchev–Trinajstić information content (AvgIpc) is 2.80. The summed E-state index contributed by atoms with van der Waals surface area (Å²) in [6, 6.07) is 14.1. The lowest BCUT2D eigenvalue weighted by molar-refractivity contribution is 0.283. The predicted octanol–water partition coefficient (Wildman–Crippen LogP) is 4.53. The van der Waals surface area contributed by atoms with E-state index in [9.17, 15) is 19.2 Å². The Labute approximate surface area is 192 Å². The van der Waals surface area contributed by atoms with Crippen molar-refractivity contribution in [3.8, 4) is 23.3 Å². The highest BCUT2D eigenvalue weighted by Crippen LogP contribution is 2.38. The van der Waals surface area contributed by atoms with Gasteiger partial charge in [-0.25, -0.2) is 9.18 Å². The van der Waals surface area contributed by atoms with Gasteiger partial charge in [-0.1, -0.05) is 17.7 Å². The highest BCUT2D eigenvalue weighted by Gasteiger charge is 2.15. The van der Waals surface area contributed by atoms with E-state index in [0.29, 0.717) is 38.4 Å². The van der Waals surface area contributed by atoms with Gasteiger partial charge in [0.25, 0.3) is 5.56 Å². The summed E-state index contributed by atoms with van der Waals surface area (Å²) in [6.45, 7) is 2.03. The summed E-state index contributed by atoms with van der Waals surface area (Å²) >= 11 is 6.11. The molecule has 0 unspecified atom stereocenters. The number of nitrogens with one attached hydrogen (secondary N) is 1. The van der Waals surface area contributed by atoms with Crippen LogP contribution in [0.2, 0.25) is 5.02 Å². The second-order valence-electron chi connectivity index (χ2n) is 7.20. The van der Waals surface area contributed by atoms with Crippen LogP contribution in [0.25, 0.3) is 10.8 Å². The Hall–Kier alpha value is -4.09. The molecule has 0 aliphatic carbocycles. The van der Waals surface area contributed by atoms with Crippen LogP contribution in [0.4, 0.5) is 4.39 Å². The van der Waals surface area contributed by atoms with Crippen LogP contribution >= 0.6 is 11.6 Å². The zero-order valence-electron chi connectivity index (χ0n) is 17.4. The van der Waals surface area contributed by atoms with Gasteiger partial charge < -0.3 is 9.47 Å². The fraction of sp³-hybridized carbons (Fsp3) is 0.125. The van der Waals surface area contributed by atoms with Gasteiger partial charge in [-0.3, -0.25) is 14.3 Å². The summed E-state index contributed by atoms with van der Waals surface area (Å²) in [6.07, 6.45) is 1.37. The number of H-pyrrole nitrogens is 1. The molecule has 0 bridgehead atoms. The Balaban J connectivity index is 1.62. The molecular formula is C24H17ClFN3O4. The van der Waals surface area contributed by atoms with Gasteiger partial charge in [-0.05, 0) is 42.1 Å². The van der Waals surface area contributed by atoms with Crippen LogP contribution in [0.15, 0.2) is 64.3 Å². The topological polar surface area (TPSA) is 97.1 Å². The third-order valence-electron chi connectivity index (χ3n) is 5.05. The maximum Gasteiger partial charge on any atom is 0.328 e. The zero-order chi connectivity index (χ0) is 23.5. The van der Waals surface area contributed by atoms with E-state index in [4.69, 9.17) is 21.1 Å². The molecule has 0 spiro atoms. The Morgan fingerprint density at radius 1 is 1.06 bits per heavy atom. The van der Waals surface area contributed by atoms with Crippen molar-refractivity contribution in [2.75, 3.05) is 6.61 Å². The van der Waals surface area contributed by atoms with Gasteiger partial charge in [-0.15, -0.1) is 0 Å². The lowest BCUT2D eigenvalue weighted by Crippen LogP contribution is -2.30. The first-order valence-corrected chi connectivity index (χ1v) is 10.3. The molecule has 1 aromatic heterocycles. The molecule has 166 valence electrons. The molecule has 9 heteroatoms. The van der Waals surface area contributed by atoms with E-state index in [1.165, 1.54) is 22.9 Å². The van der Waals surface area contributed by atoms with Crippen LogP contribution in [-0.4, -0.2) is 16.2 Å². The summed E-state index contributed by atoms with van der Waals surface area (Å²) in [4.78, 5) is 25.2. The molecule has 1 N–H and O–H groups in total. The molecule has 7 nitrogen and oxygen atoms in total. The number of aromatic nitrogens is 2. The number of aryl methyl sites for hydroxylation is 1. The molecule has 4 aromatic rings. The SMILES string of the molecule is Cc1c(Oc2ccc(Cl)cc2OCCn2ccc(=O)[nH]c2=O)cc(F)c2ccc(C#N)cc12. The number of rotatable bonds is 6. The van der Waals surface area contributed by atoms with Crippen LogP contribution in [0.5, 0.6) is 17.2 Å². The fourth-order valence-corrected chi connectivity index (χ4v) is 3.51. The van der Waals surface area contributed by atoms with Crippen molar-refractivity contribution in [3.63, 3.8) is 0 Å². The van der Waals surface area contributed by atoms with E-state index in [0.717, 1.165) is 0 Å². The Kier molecular flexibility index (Phi) is 6.16. The first-order valence-electron chi connectivity index (χ1n) is 9.88. The maximum absolute atomic E-state index is 14.7. The molecule has 1 heterocycles. The minimum Gasteiger partial charge on any atom is -0.488 e. The van der Waals surface area contributed by atoms with E-state index in [2.05, 4.69) is 11.1 Å². The van der Waals surface area contributed by atoms with Crippen LogP contribution in [0, 0.1) is 24.1 Å². The molecule has 33 heavy (non-hydrogen) atoms. The number of ether oxygens (including phenoxy) is 2. The average molecular weight is 466 g/mol. The Morgan fingerprint density at radius 3 is 2.64 bits per heavy atom. The van der Waals surface area contributed by atoms with Crippen LogP contribution in [0.1, 0.15) is 11.1 Å². The van der Waals surface area contributed by atoms with Crippen molar-refractivity contribution in [2.45, 2.75) is 13.5 Å². The molecule has 0 radical (unpaired) electrons. The third kappa shape index (κ3) is 4.73. The lowest BCUT2D eigenvalue weighted by Gasteiger charge is -2.16. The molecule has 0 aliphatic rings. The third-order valence-corrected chi connectivity index (χ3v) is 5.28. The molecule has 0 fully saturated rings. The fourth-order valence-electron chi connectivity index (χ4n) is 3.34. The summed E-state index contributed by atoms with van der Waals surface area (Å²) in [5.74, 6) is 0.375. The molecule has 0 saturated carbocycles. The maximum atomic E-state index is 14.7. The van der Waals surface area contributed by atoms with E-state index < -0.39 is 17.1 Å². The smallest absolute Gasteiger partial charge is 0.328 e. The molecular weight excluding hydrogens is 449 g/mol.